The van der Waals surface area contributed by atoms with E-state index in [1.165, 1.54) is 0 Å². The van der Waals surface area contributed by atoms with Crippen molar-refractivity contribution in [1.82, 2.24) is 14.8 Å². The third kappa shape index (κ3) is 1.82. The standard InChI is InChI=1S/C15H10ClN3O/c16-11-4-3-10-8-15(20-14(10)9-11)19-7-5-13(18-19)12-2-1-6-17-12/h1-9,17H. The highest BCUT2D eigenvalue weighted by Crippen LogP contribution is 2.25. The minimum absolute atomic E-state index is 0.658. The van der Waals surface area contributed by atoms with E-state index in [2.05, 4.69) is 10.1 Å². The van der Waals surface area contributed by atoms with Crippen molar-refractivity contribution < 1.29 is 4.42 Å². The summed E-state index contributed by atoms with van der Waals surface area (Å²) in [6.07, 6.45) is 3.74. The molecule has 0 amide bonds. The first-order chi connectivity index (χ1) is 9.79. The Kier molecular flexibility index (Phi) is 2.44. The van der Waals surface area contributed by atoms with E-state index in [1.54, 1.807) is 10.7 Å². The van der Waals surface area contributed by atoms with Crippen molar-refractivity contribution in [2.24, 2.45) is 0 Å². The van der Waals surface area contributed by atoms with Gasteiger partial charge in [0, 0.05) is 34.9 Å². The fraction of sp³-hybridized carbons (Fsp3) is 0. The van der Waals surface area contributed by atoms with E-state index in [9.17, 15) is 0 Å². The highest BCUT2D eigenvalue weighted by Gasteiger charge is 2.09. The minimum atomic E-state index is 0.658. The maximum Gasteiger partial charge on any atom is 0.221 e. The molecule has 0 spiro atoms. The monoisotopic (exact) mass is 283 g/mol. The molecular formula is C15H10ClN3O. The molecule has 0 fully saturated rings. The second-order valence-corrected chi connectivity index (χ2v) is 4.93. The van der Waals surface area contributed by atoms with Crippen LogP contribution in [0.15, 0.2) is 59.3 Å². The SMILES string of the molecule is Clc1ccc2cc(-n3ccc(-c4ccc[nH]4)n3)oc2c1. The number of nitrogens with zero attached hydrogens (tertiary/aromatic N) is 2. The molecule has 3 heterocycles. The molecule has 0 atom stereocenters. The summed E-state index contributed by atoms with van der Waals surface area (Å²) in [7, 11) is 0. The van der Waals surface area contributed by atoms with Crippen molar-refractivity contribution in [3.05, 3.63) is 59.9 Å². The lowest BCUT2D eigenvalue weighted by Crippen LogP contribution is -1.92. The minimum Gasteiger partial charge on any atom is -0.438 e. The lowest BCUT2D eigenvalue weighted by molar-refractivity contribution is 0.560. The molecule has 0 aliphatic carbocycles. The highest BCUT2D eigenvalue weighted by atomic mass is 35.5. The Morgan fingerprint density at radius 2 is 2.10 bits per heavy atom. The number of fused-ring (bicyclic) bond motifs is 1. The first-order valence-corrected chi connectivity index (χ1v) is 6.56. The van der Waals surface area contributed by atoms with Crippen LogP contribution in [0.1, 0.15) is 0 Å². The van der Waals surface area contributed by atoms with Crippen molar-refractivity contribution in [2.75, 3.05) is 0 Å². The van der Waals surface area contributed by atoms with Gasteiger partial charge in [0.15, 0.2) is 0 Å². The number of H-pyrrole nitrogens is 1. The molecule has 0 aliphatic rings. The number of benzene rings is 1. The number of aromatic amines is 1. The highest BCUT2D eigenvalue weighted by molar-refractivity contribution is 6.31. The van der Waals surface area contributed by atoms with Crippen LogP contribution < -0.4 is 0 Å². The zero-order chi connectivity index (χ0) is 13.5. The van der Waals surface area contributed by atoms with Crippen molar-refractivity contribution in [3.63, 3.8) is 0 Å². The summed E-state index contributed by atoms with van der Waals surface area (Å²) in [5, 5.41) is 6.16. The number of aromatic nitrogens is 3. The predicted molar refractivity (Wildman–Crippen MR) is 78.1 cm³/mol. The van der Waals surface area contributed by atoms with Crippen LogP contribution in [0.2, 0.25) is 5.02 Å². The lowest BCUT2D eigenvalue weighted by Gasteiger charge is -1.94. The van der Waals surface area contributed by atoms with Gasteiger partial charge in [0.2, 0.25) is 5.88 Å². The third-order valence-electron chi connectivity index (χ3n) is 3.16. The summed E-state index contributed by atoms with van der Waals surface area (Å²) in [4.78, 5) is 3.13. The van der Waals surface area contributed by atoms with Gasteiger partial charge >= 0.3 is 0 Å². The molecule has 0 saturated carbocycles. The molecule has 1 aromatic carbocycles. The van der Waals surface area contributed by atoms with Gasteiger partial charge in [0.1, 0.15) is 11.3 Å². The fourth-order valence-electron chi connectivity index (χ4n) is 2.18. The number of nitrogens with one attached hydrogen (secondary N) is 1. The molecule has 0 saturated heterocycles. The smallest absolute Gasteiger partial charge is 0.221 e. The van der Waals surface area contributed by atoms with Gasteiger partial charge in [-0.15, -0.1) is 0 Å². The van der Waals surface area contributed by atoms with Crippen LogP contribution in [0, 0.1) is 0 Å². The second kappa shape index (κ2) is 4.28. The maximum atomic E-state index is 5.96. The molecule has 0 aliphatic heterocycles. The normalized spacial score (nSPS) is 11.2. The number of halogens is 1. The lowest BCUT2D eigenvalue weighted by atomic mass is 10.3. The Hall–Kier alpha value is -2.46. The maximum absolute atomic E-state index is 5.96. The molecular weight excluding hydrogens is 274 g/mol. The van der Waals surface area contributed by atoms with Crippen molar-refractivity contribution in [3.8, 4) is 17.3 Å². The van der Waals surface area contributed by atoms with Gasteiger partial charge in [-0.25, -0.2) is 4.68 Å². The van der Waals surface area contributed by atoms with Gasteiger partial charge in [-0.05, 0) is 30.3 Å². The molecule has 0 unspecified atom stereocenters. The average molecular weight is 284 g/mol. The predicted octanol–water partition coefficient (Wildman–Crippen LogP) is 4.27. The Morgan fingerprint density at radius 1 is 1.15 bits per heavy atom. The third-order valence-corrected chi connectivity index (χ3v) is 3.39. The summed E-state index contributed by atoms with van der Waals surface area (Å²) in [6, 6.07) is 13.4. The molecule has 3 aromatic heterocycles. The van der Waals surface area contributed by atoms with E-state index in [1.807, 2.05) is 48.8 Å². The first-order valence-electron chi connectivity index (χ1n) is 6.18. The Labute approximate surface area is 119 Å². The first kappa shape index (κ1) is 11.4. The van der Waals surface area contributed by atoms with Crippen LogP contribution >= 0.6 is 11.6 Å². The fourth-order valence-corrected chi connectivity index (χ4v) is 2.35. The zero-order valence-corrected chi connectivity index (χ0v) is 11.1. The summed E-state index contributed by atoms with van der Waals surface area (Å²) in [5.41, 5.74) is 2.60. The molecule has 98 valence electrons. The largest absolute Gasteiger partial charge is 0.438 e. The van der Waals surface area contributed by atoms with E-state index in [-0.39, 0.29) is 0 Å². The Morgan fingerprint density at radius 3 is 2.95 bits per heavy atom. The quantitative estimate of drug-likeness (QED) is 0.597. The average Bonchev–Trinajstić information content (AvgIpc) is 3.17. The van der Waals surface area contributed by atoms with E-state index in [0.717, 1.165) is 22.4 Å². The van der Waals surface area contributed by atoms with Crippen LogP contribution in [0.3, 0.4) is 0 Å². The van der Waals surface area contributed by atoms with Crippen LogP contribution in [-0.2, 0) is 0 Å². The van der Waals surface area contributed by atoms with Crippen LogP contribution in [0.5, 0.6) is 0 Å². The van der Waals surface area contributed by atoms with E-state index in [0.29, 0.717) is 10.9 Å². The van der Waals surface area contributed by atoms with Gasteiger partial charge in [0.25, 0.3) is 0 Å². The van der Waals surface area contributed by atoms with Gasteiger partial charge in [-0.3, -0.25) is 0 Å². The molecule has 1 N–H and O–H groups in total. The molecule has 20 heavy (non-hydrogen) atoms. The molecule has 0 bridgehead atoms. The van der Waals surface area contributed by atoms with Crippen LogP contribution in [-0.4, -0.2) is 14.8 Å². The molecule has 5 heteroatoms. The van der Waals surface area contributed by atoms with Crippen molar-refractivity contribution in [1.29, 1.82) is 0 Å². The molecule has 4 rings (SSSR count). The number of hydrogen-bond acceptors (Lipinski definition) is 2. The molecule has 4 nitrogen and oxygen atoms in total. The summed E-state index contributed by atoms with van der Waals surface area (Å²) < 4.78 is 7.48. The van der Waals surface area contributed by atoms with Gasteiger partial charge in [-0.2, -0.15) is 5.10 Å². The number of furan rings is 1. The van der Waals surface area contributed by atoms with Gasteiger partial charge < -0.3 is 9.40 Å². The summed E-state index contributed by atoms with van der Waals surface area (Å²) in [6.45, 7) is 0. The van der Waals surface area contributed by atoms with Gasteiger partial charge in [-0.1, -0.05) is 11.6 Å². The van der Waals surface area contributed by atoms with Crippen molar-refractivity contribution in [2.45, 2.75) is 0 Å². The number of rotatable bonds is 2. The summed E-state index contributed by atoms with van der Waals surface area (Å²) in [5.74, 6) is 0.667. The topological polar surface area (TPSA) is 46.8 Å². The molecule has 4 aromatic rings. The van der Waals surface area contributed by atoms with E-state index >= 15 is 0 Å². The Balaban J connectivity index is 1.79. The van der Waals surface area contributed by atoms with E-state index in [4.69, 9.17) is 16.0 Å². The van der Waals surface area contributed by atoms with Crippen LogP contribution in [0.25, 0.3) is 28.2 Å². The van der Waals surface area contributed by atoms with E-state index < -0.39 is 0 Å². The van der Waals surface area contributed by atoms with Crippen LogP contribution in [0.4, 0.5) is 0 Å². The second-order valence-electron chi connectivity index (χ2n) is 4.50. The zero-order valence-electron chi connectivity index (χ0n) is 10.4. The molecule has 0 radical (unpaired) electrons. The van der Waals surface area contributed by atoms with Crippen molar-refractivity contribution >= 4 is 22.6 Å². The van der Waals surface area contributed by atoms with Gasteiger partial charge in [0.05, 0.1) is 5.69 Å². The summed E-state index contributed by atoms with van der Waals surface area (Å²) >= 11 is 5.96. The Bertz CT molecular complexity index is 874. The number of hydrogen-bond donors (Lipinski definition) is 1.